The van der Waals surface area contributed by atoms with E-state index >= 15 is 0 Å². The number of esters is 2. The minimum atomic E-state index is -1.17. The monoisotopic (exact) mass is 461 g/mol. The molecular weight excluding hydrogens is 426 g/mol. The summed E-state index contributed by atoms with van der Waals surface area (Å²) in [6.45, 7) is 8.72. The lowest BCUT2D eigenvalue weighted by molar-refractivity contribution is -0.169. The fraction of sp³-hybridized carbons (Fsp3) is 0.857. The van der Waals surface area contributed by atoms with Gasteiger partial charge in [0.1, 0.15) is 30.0 Å². The number of hydrogen-bond donors (Lipinski definition) is 2. The van der Waals surface area contributed by atoms with E-state index < -0.39 is 65.8 Å². The molecule has 2 saturated heterocycles. The lowest BCUT2D eigenvalue weighted by Gasteiger charge is -2.36. The van der Waals surface area contributed by atoms with Crippen LogP contribution in [0.15, 0.2) is 0 Å². The van der Waals surface area contributed by atoms with Crippen molar-refractivity contribution in [2.75, 3.05) is 20.8 Å². The molecule has 6 atom stereocenters. The fourth-order valence-electron chi connectivity index (χ4n) is 3.84. The Labute approximate surface area is 188 Å². The van der Waals surface area contributed by atoms with E-state index in [9.17, 15) is 19.5 Å². The first-order valence-electron chi connectivity index (χ1n) is 10.6. The van der Waals surface area contributed by atoms with Gasteiger partial charge in [0.15, 0.2) is 5.79 Å². The van der Waals surface area contributed by atoms with Crippen molar-refractivity contribution in [3.05, 3.63) is 0 Å². The minimum absolute atomic E-state index is 0.0321. The van der Waals surface area contributed by atoms with Crippen LogP contribution >= 0.6 is 0 Å². The van der Waals surface area contributed by atoms with E-state index in [-0.39, 0.29) is 19.4 Å². The van der Waals surface area contributed by atoms with Gasteiger partial charge in [-0.3, -0.25) is 4.79 Å². The van der Waals surface area contributed by atoms with E-state index in [4.69, 9.17) is 28.4 Å². The van der Waals surface area contributed by atoms with Crippen molar-refractivity contribution in [1.82, 2.24) is 5.32 Å². The molecule has 184 valence electrons. The SMILES string of the molecule is COC(=O)[C@H](C[C@H](NC(=O)OC(C)(C)C)C(=O)OC)C[C@H]1OC[C@H]2OC(C)(C)O[C@H]2[C@@H]1O. The van der Waals surface area contributed by atoms with E-state index in [0.29, 0.717) is 0 Å². The molecule has 0 spiro atoms. The average Bonchev–Trinajstić information content (AvgIpc) is 3.01. The van der Waals surface area contributed by atoms with Crippen LogP contribution in [0.4, 0.5) is 4.79 Å². The third-order valence-electron chi connectivity index (χ3n) is 5.16. The molecule has 2 rings (SSSR count). The van der Waals surface area contributed by atoms with Gasteiger partial charge in [0.05, 0.1) is 32.8 Å². The molecule has 2 heterocycles. The third-order valence-corrected chi connectivity index (χ3v) is 5.16. The molecule has 0 aromatic heterocycles. The first-order valence-corrected chi connectivity index (χ1v) is 10.6. The van der Waals surface area contributed by atoms with Gasteiger partial charge in [-0.15, -0.1) is 0 Å². The van der Waals surface area contributed by atoms with Crippen LogP contribution in [0.1, 0.15) is 47.5 Å². The first-order chi connectivity index (χ1) is 14.8. The minimum Gasteiger partial charge on any atom is -0.469 e. The summed E-state index contributed by atoms with van der Waals surface area (Å²) < 4.78 is 32.1. The van der Waals surface area contributed by atoms with Crippen LogP contribution in [0.25, 0.3) is 0 Å². The van der Waals surface area contributed by atoms with Crippen LogP contribution in [0.2, 0.25) is 0 Å². The molecule has 0 radical (unpaired) electrons. The molecule has 2 aliphatic rings. The highest BCUT2D eigenvalue weighted by molar-refractivity contribution is 5.82. The van der Waals surface area contributed by atoms with Crippen molar-refractivity contribution >= 4 is 18.0 Å². The highest BCUT2D eigenvalue weighted by Gasteiger charge is 2.51. The van der Waals surface area contributed by atoms with Gasteiger partial charge in [0.2, 0.25) is 0 Å². The molecule has 0 unspecified atom stereocenters. The van der Waals surface area contributed by atoms with Crippen molar-refractivity contribution in [2.24, 2.45) is 5.92 Å². The predicted molar refractivity (Wildman–Crippen MR) is 109 cm³/mol. The smallest absolute Gasteiger partial charge is 0.408 e. The van der Waals surface area contributed by atoms with Crippen LogP contribution in [0.5, 0.6) is 0 Å². The summed E-state index contributed by atoms with van der Waals surface area (Å²) in [5.74, 6) is -3.11. The zero-order valence-electron chi connectivity index (χ0n) is 19.7. The van der Waals surface area contributed by atoms with Gasteiger partial charge in [-0.05, 0) is 47.5 Å². The van der Waals surface area contributed by atoms with Crippen molar-refractivity contribution in [3.63, 3.8) is 0 Å². The van der Waals surface area contributed by atoms with Gasteiger partial charge in [0.25, 0.3) is 0 Å². The molecule has 0 aromatic carbocycles. The summed E-state index contributed by atoms with van der Waals surface area (Å²) in [5, 5.41) is 13.2. The molecule has 2 N–H and O–H groups in total. The maximum Gasteiger partial charge on any atom is 0.408 e. The van der Waals surface area contributed by atoms with Crippen LogP contribution in [-0.4, -0.2) is 85.8 Å². The Morgan fingerprint density at radius 1 is 1.12 bits per heavy atom. The number of ether oxygens (including phenoxy) is 6. The lowest BCUT2D eigenvalue weighted by atomic mass is 9.88. The molecule has 0 saturated carbocycles. The summed E-state index contributed by atoms with van der Waals surface area (Å²) in [4.78, 5) is 36.9. The number of nitrogens with one attached hydrogen (secondary N) is 1. The van der Waals surface area contributed by atoms with Crippen LogP contribution in [0.3, 0.4) is 0 Å². The van der Waals surface area contributed by atoms with Gasteiger partial charge < -0.3 is 38.8 Å². The standard InChI is InChI=1S/C21H35NO10/c1-20(2,3)32-19(26)22-12(18(25)28-7)8-11(17(24)27-6)9-13-15(23)16-14(10-29-13)30-21(4,5)31-16/h11-16,23H,8-10H2,1-7H3,(H,22,26)/t11-,12+,13-,14-,15-,16-/m1/s1. The van der Waals surface area contributed by atoms with Crippen molar-refractivity contribution < 1.29 is 47.9 Å². The number of rotatable bonds is 7. The third kappa shape index (κ3) is 7.03. The molecule has 1 amide bonds. The Bertz CT molecular complexity index is 689. The Hall–Kier alpha value is -1.95. The van der Waals surface area contributed by atoms with Crippen LogP contribution in [-0.2, 0) is 38.0 Å². The Kier molecular flexibility index (Phi) is 8.49. The molecule has 11 heteroatoms. The second kappa shape index (κ2) is 10.3. The molecule has 32 heavy (non-hydrogen) atoms. The van der Waals surface area contributed by atoms with E-state index in [1.807, 2.05) is 0 Å². The van der Waals surface area contributed by atoms with Gasteiger partial charge in [0, 0.05) is 0 Å². The van der Waals surface area contributed by atoms with Crippen LogP contribution < -0.4 is 5.32 Å². The molecule has 2 fully saturated rings. The molecule has 2 aliphatic heterocycles. The molecular formula is C21H35NO10. The summed E-state index contributed by atoms with van der Waals surface area (Å²) >= 11 is 0. The quantitative estimate of drug-likeness (QED) is 0.415. The van der Waals surface area contributed by atoms with E-state index in [1.54, 1.807) is 34.6 Å². The number of carbonyl (C=O) groups excluding carboxylic acids is 3. The highest BCUT2D eigenvalue weighted by Crippen LogP contribution is 2.36. The second-order valence-corrected chi connectivity index (χ2v) is 9.41. The maximum absolute atomic E-state index is 12.5. The summed E-state index contributed by atoms with van der Waals surface area (Å²) in [6, 6.07) is -1.17. The number of carbonyl (C=O) groups is 3. The Morgan fingerprint density at radius 3 is 2.31 bits per heavy atom. The lowest BCUT2D eigenvalue weighted by Crippen LogP contribution is -2.53. The van der Waals surface area contributed by atoms with Crippen molar-refractivity contribution in [2.45, 2.75) is 89.3 Å². The summed E-state index contributed by atoms with van der Waals surface area (Å²) in [7, 11) is 2.39. The number of alkyl carbamates (subject to hydrolysis) is 1. The zero-order chi connectivity index (χ0) is 24.3. The van der Waals surface area contributed by atoms with Crippen molar-refractivity contribution in [3.8, 4) is 0 Å². The topological polar surface area (TPSA) is 139 Å². The number of methoxy groups -OCH3 is 2. The molecule has 0 aromatic rings. The normalized spacial score (nSPS) is 28.8. The maximum atomic E-state index is 12.5. The van der Waals surface area contributed by atoms with Crippen molar-refractivity contribution in [1.29, 1.82) is 0 Å². The van der Waals surface area contributed by atoms with Gasteiger partial charge in [-0.25, -0.2) is 9.59 Å². The molecule has 0 bridgehead atoms. The first kappa shape index (κ1) is 26.3. The van der Waals surface area contributed by atoms with E-state index in [0.717, 1.165) is 0 Å². The van der Waals surface area contributed by atoms with E-state index in [2.05, 4.69) is 5.32 Å². The predicted octanol–water partition coefficient (Wildman–Crippen LogP) is 0.902. The van der Waals surface area contributed by atoms with Gasteiger partial charge in [-0.1, -0.05) is 0 Å². The number of aliphatic hydroxyl groups excluding tert-OH is 1. The fourth-order valence-corrected chi connectivity index (χ4v) is 3.84. The zero-order valence-corrected chi connectivity index (χ0v) is 19.7. The number of amides is 1. The molecule has 11 nitrogen and oxygen atoms in total. The average molecular weight is 462 g/mol. The van der Waals surface area contributed by atoms with E-state index in [1.165, 1.54) is 14.2 Å². The highest BCUT2D eigenvalue weighted by atomic mass is 16.8. The Balaban J connectivity index is 2.11. The summed E-state index contributed by atoms with van der Waals surface area (Å²) in [5.41, 5.74) is -0.778. The largest absolute Gasteiger partial charge is 0.469 e. The second-order valence-electron chi connectivity index (χ2n) is 9.41. The number of aliphatic hydroxyl groups is 1. The number of fused-ring (bicyclic) bond motifs is 1. The summed E-state index contributed by atoms with van der Waals surface area (Å²) in [6.07, 6.45) is -3.79. The molecule has 0 aliphatic carbocycles. The Morgan fingerprint density at radius 2 is 1.75 bits per heavy atom. The van der Waals surface area contributed by atoms with Gasteiger partial charge >= 0.3 is 18.0 Å². The van der Waals surface area contributed by atoms with Crippen LogP contribution in [0, 0.1) is 5.92 Å². The number of hydrogen-bond acceptors (Lipinski definition) is 10. The van der Waals surface area contributed by atoms with Gasteiger partial charge in [-0.2, -0.15) is 0 Å².